The van der Waals surface area contributed by atoms with Crippen LogP contribution in [0, 0.1) is 11.3 Å². The number of hydrogen-bond acceptors (Lipinski definition) is 6. The van der Waals surface area contributed by atoms with Crippen molar-refractivity contribution >= 4 is 23.4 Å². The van der Waals surface area contributed by atoms with Gasteiger partial charge in [-0.15, -0.1) is 0 Å². The number of hydrogen-bond donors (Lipinski definition) is 1. The van der Waals surface area contributed by atoms with Crippen LogP contribution in [-0.2, 0) is 4.74 Å². The molecule has 0 aliphatic carbocycles. The minimum absolute atomic E-state index is 0.184. The number of halogens is 1. The van der Waals surface area contributed by atoms with Crippen LogP contribution in [0.1, 0.15) is 5.56 Å². The van der Waals surface area contributed by atoms with Crippen molar-refractivity contribution in [2.75, 3.05) is 36.9 Å². The zero-order chi connectivity index (χ0) is 15.5. The monoisotopic (exact) mass is 315 g/mol. The van der Waals surface area contributed by atoms with E-state index in [-0.39, 0.29) is 11.4 Å². The first-order valence-corrected chi connectivity index (χ1v) is 7.23. The molecule has 0 bridgehead atoms. The Labute approximate surface area is 133 Å². The van der Waals surface area contributed by atoms with E-state index in [4.69, 9.17) is 22.1 Å². The van der Waals surface area contributed by atoms with Crippen molar-refractivity contribution in [1.82, 2.24) is 9.97 Å². The SMILES string of the molecule is N#Cc1c(N)nc(N2CCOCC2)nc1-c1ccc(Cl)cc1. The number of aromatic nitrogens is 2. The summed E-state index contributed by atoms with van der Waals surface area (Å²) in [5.41, 5.74) is 7.53. The quantitative estimate of drug-likeness (QED) is 0.913. The Bertz CT molecular complexity index is 720. The maximum Gasteiger partial charge on any atom is 0.228 e. The van der Waals surface area contributed by atoms with E-state index in [1.807, 2.05) is 17.0 Å². The number of nitriles is 1. The summed E-state index contributed by atoms with van der Waals surface area (Å²) in [5.74, 6) is 0.702. The van der Waals surface area contributed by atoms with Gasteiger partial charge < -0.3 is 15.4 Å². The van der Waals surface area contributed by atoms with Crippen LogP contribution in [0.3, 0.4) is 0 Å². The lowest BCUT2D eigenvalue weighted by molar-refractivity contribution is 0.122. The molecule has 112 valence electrons. The maximum atomic E-state index is 9.35. The standard InChI is InChI=1S/C15H14ClN5O/c16-11-3-1-10(2-4-11)13-12(9-17)14(18)20-15(19-13)21-5-7-22-8-6-21/h1-4H,5-8H2,(H2,18,19,20). The Balaban J connectivity index is 2.08. The van der Waals surface area contributed by atoms with Crippen LogP contribution < -0.4 is 10.6 Å². The lowest BCUT2D eigenvalue weighted by Gasteiger charge is -2.27. The van der Waals surface area contributed by atoms with Gasteiger partial charge in [-0.1, -0.05) is 23.7 Å². The lowest BCUT2D eigenvalue weighted by atomic mass is 10.1. The average molecular weight is 316 g/mol. The van der Waals surface area contributed by atoms with Gasteiger partial charge >= 0.3 is 0 Å². The summed E-state index contributed by atoms with van der Waals surface area (Å²) >= 11 is 5.91. The third-order valence-electron chi connectivity index (χ3n) is 3.45. The molecular weight excluding hydrogens is 302 g/mol. The van der Waals surface area contributed by atoms with Gasteiger partial charge in [-0.3, -0.25) is 0 Å². The second-order valence-corrected chi connectivity index (χ2v) is 5.29. The van der Waals surface area contributed by atoms with Crippen LogP contribution in [-0.4, -0.2) is 36.3 Å². The molecule has 6 nitrogen and oxygen atoms in total. The summed E-state index contributed by atoms with van der Waals surface area (Å²) in [6.45, 7) is 2.65. The molecule has 0 spiro atoms. The van der Waals surface area contributed by atoms with Crippen LogP contribution in [0.15, 0.2) is 24.3 Å². The van der Waals surface area contributed by atoms with Crippen molar-refractivity contribution < 1.29 is 4.74 Å². The van der Waals surface area contributed by atoms with Crippen LogP contribution in [0.5, 0.6) is 0 Å². The van der Waals surface area contributed by atoms with Crippen LogP contribution in [0.4, 0.5) is 11.8 Å². The van der Waals surface area contributed by atoms with E-state index in [1.54, 1.807) is 12.1 Å². The van der Waals surface area contributed by atoms with E-state index in [9.17, 15) is 5.26 Å². The van der Waals surface area contributed by atoms with E-state index in [0.717, 1.165) is 5.56 Å². The predicted octanol–water partition coefficient (Wildman–Crippen LogP) is 2.09. The number of nitrogens with zero attached hydrogens (tertiary/aromatic N) is 4. The highest BCUT2D eigenvalue weighted by molar-refractivity contribution is 6.30. The summed E-state index contributed by atoms with van der Waals surface area (Å²) < 4.78 is 5.33. The summed E-state index contributed by atoms with van der Waals surface area (Å²) in [6.07, 6.45) is 0. The molecule has 0 atom stereocenters. The Hall–Kier alpha value is -2.36. The van der Waals surface area contributed by atoms with Gasteiger partial charge in [0.15, 0.2) is 0 Å². The first-order valence-electron chi connectivity index (χ1n) is 6.85. The lowest BCUT2D eigenvalue weighted by Crippen LogP contribution is -2.37. The summed E-state index contributed by atoms with van der Waals surface area (Å²) in [6, 6.07) is 9.22. The molecule has 22 heavy (non-hydrogen) atoms. The molecule has 1 aliphatic rings. The number of benzene rings is 1. The summed E-state index contributed by atoms with van der Waals surface area (Å²) in [4.78, 5) is 10.8. The van der Waals surface area contributed by atoms with Crippen molar-refractivity contribution in [3.8, 4) is 17.3 Å². The fourth-order valence-electron chi connectivity index (χ4n) is 2.30. The number of nitrogens with two attached hydrogens (primary N) is 1. The van der Waals surface area contributed by atoms with E-state index in [1.165, 1.54) is 0 Å². The van der Waals surface area contributed by atoms with Gasteiger partial charge in [0.25, 0.3) is 0 Å². The second-order valence-electron chi connectivity index (χ2n) is 4.85. The normalized spacial score (nSPS) is 14.6. The molecule has 7 heteroatoms. The van der Waals surface area contributed by atoms with Crippen molar-refractivity contribution in [2.24, 2.45) is 0 Å². The first kappa shape index (κ1) is 14.6. The molecule has 0 amide bonds. The summed E-state index contributed by atoms with van der Waals surface area (Å²) in [7, 11) is 0. The molecule has 1 saturated heterocycles. The van der Waals surface area contributed by atoms with Crippen molar-refractivity contribution in [1.29, 1.82) is 5.26 Å². The first-order chi connectivity index (χ1) is 10.7. The van der Waals surface area contributed by atoms with E-state index < -0.39 is 0 Å². The highest BCUT2D eigenvalue weighted by Gasteiger charge is 2.19. The van der Waals surface area contributed by atoms with E-state index >= 15 is 0 Å². The van der Waals surface area contributed by atoms with Crippen LogP contribution in [0.2, 0.25) is 5.02 Å². The topological polar surface area (TPSA) is 88.1 Å². The highest BCUT2D eigenvalue weighted by atomic mass is 35.5. The Morgan fingerprint density at radius 1 is 1.18 bits per heavy atom. The average Bonchev–Trinajstić information content (AvgIpc) is 2.55. The van der Waals surface area contributed by atoms with Gasteiger partial charge in [-0.25, -0.2) is 4.98 Å². The largest absolute Gasteiger partial charge is 0.382 e. The van der Waals surface area contributed by atoms with Crippen molar-refractivity contribution in [3.05, 3.63) is 34.9 Å². The highest BCUT2D eigenvalue weighted by Crippen LogP contribution is 2.28. The maximum absolute atomic E-state index is 9.35. The molecule has 0 saturated carbocycles. The van der Waals surface area contributed by atoms with E-state index in [2.05, 4.69) is 16.0 Å². The molecule has 2 N–H and O–H groups in total. The zero-order valence-electron chi connectivity index (χ0n) is 11.8. The molecule has 1 aliphatic heterocycles. The molecule has 3 rings (SSSR count). The molecular formula is C15H14ClN5O. The predicted molar refractivity (Wildman–Crippen MR) is 84.6 cm³/mol. The number of morpholine rings is 1. The van der Waals surface area contributed by atoms with Crippen LogP contribution in [0.25, 0.3) is 11.3 Å². The molecule has 0 radical (unpaired) electrons. The molecule has 1 fully saturated rings. The molecule has 0 unspecified atom stereocenters. The van der Waals surface area contributed by atoms with Gasteiger partial charge in [0.05, 0.1) is 18.9 Å². The minimum Gasteiger partial charge on any atom is -0.382 e. The van der Waals surface area contributed by atoms with Gasteiger partial charge in [0.1, 0.15) is 17.5 Å². The number of nitrogen functional groups attached to an aromatic ring is 1. The molecule has 1 aromatic carbocycles. The Kier molecular flexibility index (Phi) is 4.09. The van der Waals surface area contributed by atoms with Crippen molar-refractivity contribution in [3.63, 3.8) is 0 Å². The fourth-order valence-corrected chi connectivity index (χ4v) is 2.42. The Morgan fingerprint density at radius 3 is 2.50 bits per heavy atom. The third kappa shape index (κ3) is 2.82. The smallest absolute Gasteiger partial charge is 0.228 e. The van der Waals surface area contributed by atoms with E-state index in [0.29, 0.717) is 43.0 Å². The minimum atomic E-state index is 0.184. The van der Waals surface area contributed by atoms with Gasteiger partial charge in [0, 0.05) is 23.7 Å². The number of anilines is 2. The Morgan fingerprint density at radius 2 is 1.86 bits per heavy atom. The molecule has 1 aromatic heterocycles. The van der Waals surface area contributed by atoms with Gasteiger partial charge in [-0.05, 0) is 12.1 Å². The van der Waals surface area contributed by atoms with Gasteiger partial charge in [0.2, 0.25) is 5.95 Å². The van der Waals surface area contributed by atoms with Crippen molar-refractivity contribution in [2.45, 2.75) is 0 Å². The molecule has 2 heterocycles. The zero-order valence-corrected chi connectivity index (χ0v) is 12.5. The van der Waals surface area contributed by atoms with Crippen LogP contribution >= 0.6 is 11.6 Å². The number of ether oxygens (including phenoxy) is 1. The molecule has 2 aromatic rings. The third-order valence-corrected chi connectivity index (χ3v) is 3.70. The fraction of sp³-hybridized carbons (Fsp3) is 0.267. The second kappa shape index (κ2) is 6.18. The number of rotatable bonds is 2. The summed E-state index contributed by atoms with van der Waals surface area (Å²) in [5, 5.41) is 9.97. The van der Waals surface area contributed by atoms with Gasteiger partial charge in [-0.2, -0.15) is 10.2 Å².